The van der Waals surface area contributed by atoms with Crippen molar-refractivity contribution in [2.75, 3.05) is 0 Å². The van der Waals surface area contributed by atoms with Crippen LogP contribution in [0.4, 0.5) is 0 Å². The molecule has 0 atom stereocenters. The van der Waals surface area contributed by atoms with E-state index in [0.717, 1.165) is 17.1 Å². The molecule has 0 bridgehead atoms. The molecule has 19 heavy (non-hydrogen) atoms. The number of fused-ring (bicyclic) bond motifs is 1. The molecule has 0 saturated carbocycles. The van der Waals surface area contributed by atoms with Crippen LogP contribution in [0.2, 0.25) is 0 Å². The van der Waals surface area contributed by atoms with Crippen molar-refractivity contribution < 1.29 is 4.57 Å². The molecule has 0 aliphatic carbocycles. The summed E-state index contributed by atoms with van der Waals surface area (Å²) in [5.41, 5.74) is 4.90. The lowest BCUT2D eigenvalue weighted by Crippen LogP contribution is -2.30. The van der Waals surface area contributed by atoms with Crippen molar-refractivity contribution in [3.8, 4) is 10.6 Å². The standard InChI is InChI=1S/C16H17N2S/c1-4-18-7-5-13(6-8-18)16-17-15-12(3)9-11(2)10-14(15)19-16/h5-10H,4H2,1-3H3/q+1. The van der Waals surface area contributed by atoms with Gasteiger partial charge in [-0.25, -0.2) is 9.55 Å². The molecule has 3 aromatic rings. The van der Waals surface area contributed by atoms with Crippen LogP contribution in [0.5, 0.6) is 0 Å². The molecule has 0 radical (unpaired) electrons. The topological polar surface area (TPSA) is 16.8 Å². The molecular formula is C16H17N2S+. The first-order valence-electron chi connectivity index (χ1n) is 6.54. The van der Waals surface area contributed by atoms with Crippen molar-refractivity contribution in [2.24, 2.45) is 0 Å². The fraction of sp³-hybridized carbons (Fsp3) is 0.250. The van der Waals surface area contributed by atoms with Gasteiger partial charge < -0.3 is 0 Å². The summed E-state index contributed by atoms with van der Waals surface area (Å²) >= 11 is 1.77. The van der Waals surface area contributed by atoms with Crippen LogP contribution in [0.25, 0.3) is 20.8 Å². The number of aryl methyl sites for hydroxylation is 3. The Kier molecular flexibility index (Phi) is 3.07. The number of rotatable bonds is 2. The number of hydrogen-bond donors (Lipinski definition) is 0. The van der Waals surface area contributed by atoms with Gasteiger partial charge in [-0.1, -0.05) is 6.07 Å². The zero-order chi connectivity index (χ0) is 13.4. The van der Waals surface area contributed by atoms with E-state index in [-0.39, 0.29) is 0 Å². The van der Waals surface area contributed by atoms with Crippen molar-refractivity contribution in [3.05, 3.63) is 47.8 Å². The van der Waals surface area contributed by atoms with Crippen molar-refractivity contribution in [2.45, 2.75) is 27.3 Å². The predicted octanol–water partition coefficient (Wildman–Crippen LogP) is 3.89. The van der Waals surface area contributed by atoms with Crippen LogP contribution in [0, 0.1) is 13.8 Å². The van der Waals surface area contributed by atoms with E-state index in [9.17, 15) is 0 Å². The van der Waals surface area contributed by atoms with Crippen molar-refractivity contribution in [1.29, 1.82) is 0 Å². The van der Waals surface area contributed by atoms with Gasteiger partial charge in [0, 0.05) is 17.7 Å². The second-order valence-electron chi connectivity index (χ2n) is 4.86. The largest absolute Gasteiger partial charge is 0.236 e. The zero-order valence-electron chi connectivity index (χ0n) is 11.5. The fourth-order valence-electron chi connectivity index (χ4n) is 2.30. The van der Waals surface area contributed by atoms with Crippen molar-refractivity contribution in [3.63, 3.8) is 0 Å². The summed E-state index contributed by atoms with van der Waals surface area (Å²) in [5, 5.41) is 1.10. The Hall–Kier alpha value is -1.74. The van der Waals surface area contributed by atoms with Gasteiger partial charge in [0.05, 0.1) is 10.2 Å². The Bertz CT molecular complexity index is 726. The van der Waals surface area contributed by atoms with Crippen LogP contribution in [0.3, 0.4) is 0 Å². The van der Waals surface area contributed by atoms with Gasteiger partial charge in [0.25, 0.3) is 0 Å². The third-order valence-electron chi connectivity index (χ3n) is 3.33. The van der Waals surface area contributed by atoms with E-state index >= 15 is 0 Å². The van der Waals surface area contributed by atoms with Crippen LogP contribution in [0.1, 0.15) is 18.1 Å². The summed E-state index contributed by atoms with van der Waals surface area (Å²) in [5.74, 6) is 0. The van der Waals surface area contributed by atoms with Crippen LogP contribution in [-0.2, 0) is 6.54 Å². The smallest absolute Gasteiger partial charge is 0.169 e. The Balaban J connectivity index is 2.12. The molecule has 3 rings (SSSR count). The fourth-order valence-corrected chi connectivity index (χ4v) is 3.45. The van der Waals surface area contributed by atoms with Crippen LogP contribution in [0.15, 0.2) is 36.7 Å². The summed E-state index contributed by atoms with van der Waals surface area (Å²) in [7, 11) is 0. The molecule has 0 aliphatic rings. The maximum absolute atomic E-state index is 4.79. The van der Waals surface area contributed by atoms with Gasteiger partial charge in [-0.05, 0) is 38.0 Å². The monoisotopic (exact) mass is 269 g/mol. The van der Waals surface area contributed by atoms with E-state index in [2.05, 4.69) is 62.0 Å². The van der Waals surface area contributed by atoms with Gasteiger partial charge >= 0.3 is 0 Å². The number of thiazole rings is 1. The quantitative estimate of drug-likeness (QED) is 0.645. The molecule has 0 saturated heterocycles. The van der Waals surface area contributed by atoms with Gasteiger partial charge in [0.15, 0.2) is 12.4 Å². The Morgan fingerprint density at radius 3 is 2.58 bits per heavy atom. The van der Waals surface area contributed by atoms with E-state index in [1.54, 1.807) is 11.3 Å². The van der Waals surface area contributed by atoms with Crippen molar-refractivity contribution in [1.82, 2.24) is 4.98 Å². The molecule has 1 aromatic carbocycles. The highest BCUT2D eigenvalue weighted by molar-refractivity contribution is 7.21. The van der Waals surface area contributed by atoms with Gasteiger partial charge in [-0.2, -0.15) is 0 Å². The van der Waals surface area contributed by atoms with E-state index < -0.39 is 0 Å². The minimum atomic E-state index is 0.998. The number of pyridine rings is 1. The predicted molar refractivity (Wildman–Crippen MR) is 80.4 cm³/mol. The highest BCUT2D eigenvalue weighted by Gasteiger charge is 2.09. The third kappa shape index (κ3) is 2.26. The highest BCUT2D eigenvalue weighted by atomic mass is 32.1. The molecule has 3 heteroatoms. The molecule has 0 spiro atoms. The maximum atomic E-state index is 4.79. The number of aromatic nitrogens is 2. The lowest BCUT2D eigenvalue weighted by Gasteiger charge is -1.96. The van der Waals surface area contributed by atoms with E-state index in [0.29, 0.717) is 0 Å². The molecule has 2 aromatic heterocycles. The molecule has 0 aliphatic heterocycles. The summed E-state index contributed by atoms with van der Waals surface area (Å²) in [4.78, 5) is 4.79. The Labute approximate surface area is 117 Å². The molecular weight excluding hydrogens is 252 g/mol. The normalized spacial score (nSPS) is 11.1. The maximum Gasteiger partial charge on any atom is 0.169 e. The molecule has 96 valence electrons. The minimum Gasteiger partial charge on any atom is -0.236 e. The first-order valence-corrected chi connectivity index (χ1v) is 7.36. The molecule has 0 amide bonds. The first kappa shape index (κ1) is 12.3. The van der Waals surface area contributed by atoms with E-state index in [1.807, 2.05) is 0 Å². The lowest BCUT2D eigenvalue weighted by molar-refractivity contribution is -0.693. The summed E-state index contributed by atoms with van der Waals surface area (Å²) < 4.78 is 3.44. The van der Waals surface area contributed by atoms with E-state index in [4.69, 9.17) is 4.98 Å². The number of benzene rings is 1. The second-order valence-corrected chi connectivity index (χ2v) is 5.90. The molecule has 2 heterocycles. The molecule has 2 nitrogen and oxygen atoms in total. The van der Waals surface area contributed by atoms with Gasteiger partial charge in [0.1, 0.15) is 11.6 Å². The summed E-state index contributed by atoms with van der Waals surface area (Å²) in [6.45, 7) is 7.41. The SMILES string of the molecule is CC[n+]1ccc(-c2nc3c(C)cc(C)cc3s2)cc1. The second kappa shape index (κ2) is 4.74. The van der Waals surface area contributed by atoms with Crippen LogP contribution < -0.4 is 4.57 Å². The van der Waals surface area contributed by atoms with E-state index in [1.165, 1.54) is 21.4 Å². The molecule has 0 unspecified atom stereocenters. The minimum absolute atomic E-state index is 0.998. The summed E-state index contributed by atoms with van der Waals surface area (Å²) in [6.07, 6.45) is 4.22. The van der Waals surface area contributed by atoms with Gasteiger partial charge in [0.2, 0.25) is 0 Å². The molecule has 0 N–H and O–H groups in total. The van der Waals surface area contributed by atoms with Crippen molar-refractivity contribution >= 4 is 21.6 Å². The van der Waals surface area contributed by atoms with Gasteiger partial charge in [-0.3, -0.25) is 0 Å². The third-order valence-corrected chi connectivity index (χ3v) is 4.38. The Morgan fingerprint density at radius 1 is 1.16 bits per heavy atom. The average Bonchev–Trinajstić information content (AvgIpc) is 2.83. The lowest BCUT2D eigenvalue weighted by atomic mass is 10.1. The van der Waals surface area contributed by atoms with Crippen LogP contribution >= 0.6 is 11.3 Å². The number of hydrogen-bond acceptors (Lipinski definition) is 2. The summed E-state index contributed by atoms with van der Waals surface area (Å²) in [6, 6.07) is 8.70. The van der Waals surface area contributed by atoms with Gasteiger partial charge in [-0.15, -0.1) is 11.3 Å². The average molecular weight is 269 g/mol. The highest BCUT2D eigenvalue weighted by Crippen LogP contribution is 2.31. The first-order chi connectivity index (χ1) is 9.17. The molecule has 0 fully saturated rings. The Morgan fingerprint density at radius 2 is 1.89 bits per heavy atom. The number of nitrogens with zero attached hydrogens (tertiary/aromatic N) is 2. The zero-order valence-corrected chi connectivity index (χ0v) is 12.3. The van der Waals surface area contributed by atoms with Crippen LogP contribution in [-0.4, -0.2) is 4.98 Å².